The number of fused-ring (bicyclic) bond motifs is 1. The molecule has 0 unspecified atom stereocenters. The van der Waals surface area contributed by atoms with Crippen molar-refractivity contribution in [2.75, 3.05) is 0 Å². The molecule has 13 heavy (non-hydrogen) atoms. The molecule has 0 aliphatic rings. The van der Waals surface area contributed by atoms with E-state index in [1.807, 2.05) is 13.1 Å². The number of nitrogens with zero attached hydrogens (tertiary/aromatic N) is 2. The summed E-state index contributed by atoms with van der Waals surface area (Å²) in [4.78, 5) is 0. The van der Waals surface area contributed by atoms with Crippen molar-refractivity contribution in [1.82, 2.24) is 9.78 Å². The van der Waals surface area contributed by atoms with Crippen molar-refractivity contribution in [3.63, 3.8) is 0 Å². The molecule has 0 N–H and O–H groups in total. The molecule has 0 aliphatic heterocycles. The first-order valence-electron chi connectivity index (χ1n) is 3.83. The Hall–Kier alpha value is -1.65. The number of benzene rings is 1. The zero-order valence-corrected chi connectivity index (χ0v) is 7.10. The molecule has 2 aromatic rings. The van der Waals surface area contributed by atoms with E-state index in [2.05, 4.69) is 5.10 Å². The average Bonchev–Trinajstić information content (AvgIpc) is 2.49. The van der Waals surface area contributed by atoms with E-state index < -0.39 is 0 Å². The summed E-state index contributed by atoms with van der Waals surface area (Å²) in [5, 5.41) is 5.10. The SMILES string of the molecule is Cn1ncc2ccc(OB=O)cc21. The maximum absolute atomic E-state index is 10.1. The van der Waals surface area contributed by atoms with Gasteiger partial charge in [-0.1, -0.05) is 0 Å². The summed E-state index contributed by atoms with van der Waals surface area (Å²) in [5.74, 6) is 0.533. The van der Waals surface area contributed by atoms with Crippen LogP contribution in [0.5, 0.6) is 5.75 Å². The van der Waals surface area contributed by atoms with Crippen molar-refractivity contribution in [3.8, 4) is 5.75 Å². The number of hydrogen-bond acceptors (Lipinski definition) is 3. The van der Waals surface area contributed by atoms with Gasteiger partial charge in [-0.2, -0.15) is 0 Å². The number of rotatable bonds is 2. The summed E-state index contributed by atoms with van der Waals surface area (Å²) < 4.78 is 16.5. The molecule has 2 rings (SSSR count). The molecule has 0 spiro atoms. The maximum atomic E-state index is 10.1. The molecule has 4 nitrogen and oxygen atoms in total. The standard InChI is InChI=1S/C8H7BN2O2/c1-11-8-4-7(13-9-12)3-2-6(8)5-10-11/h2-5H,1H3. The predicted octanol–water partition coefficient (Wildman–Crippen LogP) is 0.917. The van der Waals surface area contributed by atoms with Gasteiger partial charge in [0.2, 0.25) is 0 Å². The van der Waals surface area contributed by atoms with Gasteiger partial charge in [0.05, 0.1) is 0 Å². The van der Waals surface area contributed by atoms with Crippen molar-refractivity contribution in [2.45, 2.75) is 0 Å². The van der Waals surface area contributed by atoms with E-state index in [1.54, 1.807) is 23.0 Å². The molecule has 0 atom stereocenters. The van der Waals surface area contributed by atoms with Crippen LogP contribution >= 0.6 is 0 Å². The van der Waals surface area contributed by atoms with Crippen LogP contribution in [0, 0.1) is 0 Å². The van der Waals surface area contributed by atoms with Crippen LogP contribution in [0.4, 0.5) is 0 Å². The molecule has 64 valence electrons. The third-order valence-electron chi connectivity index (χ3n) is 1.90. The Balaban J connectivity index is 2.58. The first kappa shape index (κ1) is 7.98. The fourth-order valence-corrected chi connectivity index (χ4v) is 1.25. The first-order chi connectivity index (χ1) is 6.31. The zero-order valence-electron chi connectivity index (χ0n) is 7.10. The van der Waals surface area contributed by atoms with Crippen molar-refractivity contribution in [1.29, 1.82) is 0 Å². The van der Waals surface area contributed by atoms with Gasteiger partial charge in [0.15, 0.2) is 0 Å². The molecule has 1 aromatic carbocycles. The number of aromatic nitrogens is 2. The van der Waals surface area contributed by atoms with E-state index in [-0.39, 0.29) is 0 Å². The summed E-state index contributed by atoms with van der Waals surface area (Å²) in [6.45, 7) is 0. The average molecular weight is 174 g/mol. The van der Waals surface area contributed by atoms with Gasteiger partial charge in [-0.05, 0) is 0 Å². The van der Waals surface area contributed by atoms with Gasteiger partial charge < -0.3 is 0 Å². The van der Waals surface area contributed by atoms with Gasteiger partial charge in [-0.25, -0.2) is 0 Å². The van der Waals surface area contributed by atoms with E-state index in [0.717, 1.165) is 10.9 Å². The second-order valence-electron chi connectivity index (χ2n) is 2.70. The molecule has 0 saturated heterocycles. The summed E-state index contributed by atoms with van der Waals surface area (Å²) in [6, 6.07) is 5.37. The molecule has 5 heteroatoms. The number of aryl methyl sites for hydroxylation is 1. The van der Waals surface area contributed by atoms with E-state index in [1.165, 1.54) is 0 Å². The zero-order chi connectivity index (χ0) is 9.26. The summed E-state index contributed by atoms with van der Waals surface area (Å²) in [5.41, 5.74) is 0.944. The van der Waals surface area contributed by atoms with E-state index in [9.17, 15) is 4.70 Å². The Bertz CT molecular complexity index is 452. The molecule has 0 aliphatic carbocycles. The second-order valence-corrected chi connectivity index (χ2v) is 2.70. The summed E-state index contributed by atoms with van der Waals surface area (Å²) in [7, 11) is 2.25. The van der Waals surface area contributed by atoms with Crippen molar-refractivity contribution >= 4 is 18.3 Å². The predicted molar refractivity (Wildman–Crippen MR) is 47.8 cm³/mol. The van der Waals surface area contributed by atoms with Gasteiger partial charge >= 0.3 is 74.6 Å². The third kappa shape index (κ3) is 1.33. The molecule has 1 heterocycles. The fourth-order valence-electron chi connectivity index (χ4n) is 1.25. The van der Waals surface area contributed by atoms with Gasteiger partial charge in [0, 0.05) is 0 Å². The minimum atomic E-state index is 0.414. The minimum absolute atomic E-state index is 0.414. The molecular weight excluding hydrogens is 167 g/mol. The molecule has 0 bridgehead atoms. The summed E-state index contributed by atoms with van der Waals surface area (Å²) in [6.07, 6.45) is 1.76. The quantitative estimate of drug-likeness (QED) is 0.635. The number of hydrogen-bond donors (Lipinski definition) is 0. The van der Waals surface area contributed by atoms with E-state index >= 15 is 0 Å². The van der Waals surface area contributed by atoms with Crippen LogP contribution in [0.15, 0.2) is 24.4 Å². The monoisotopic (exact) mass is 174 g/mol. The Morgan fingerprint density at radius 1 is 1.54 bits per heavy atom. The Labute approximate surface area is 75.4 Å². The topological polar surface area (TPSA) is 44.1 Å². The molecule has 0 saturated carbocycles. The Kier molecular flexibility index (Phi) is 1.85. The van der Waals surface area contributed by atoms with Crippen LogP contribution < -0.4 is 4.65 Å². The van der Waals surface area contributed by atoms with Crippen molar-refractivity contribution in [2.24, 2.45) is 7.05 Å². The van der Waals surface area contributed by atoms with Gasteiger partial charge in [-0.3, -0.25) is 0 Å². The van der Waals surface area contributed by atoms with E-state index in [4.69, 9.17) is 4.65 Å². The second kappa shape index (κ2) is 3.01. The van der Waals surface area contributed by atoms with Gasteiger partial charge in [0.1, 0.15) is 0 Å². The van der Waals surface area contributed by atoms with Crippen LogP contribution in [-0.4, -0.2) is 17.1 Å². The molecule has 0 amide bonds. The van der Waals surface area contributed by atoms with Crippen molar-refractivity contribution in [3.05, 3.63) is 24.4 Å². The normalized spacial score (nSPS) is 9.92. The third-order valence-corrected chi connectivity index (χ3v) is 1.90. The Morgan fingerprint density at radius 3 is 3.15 bits per heavy atom. The van der Waals surface area contributed by atoms with Crippen molar-refractivity contribution < 1.29 is 9.36 Å². The van der Waals surface area contributed by atoms with Gasteiger partial charge in [0.25, 0.3) is 0 Å². The van der Waals surface area contributed by atoms with Crippen LogP contribution in [-0.2, 0) is 11.8 Å². The Morgan fingerprint density at radius 2 is 2.38 bits per heavy atom. The molecule has 1 aromatic heterocycles. The van der Waals surface area contributed by atoms with Crippen LogP contribution in [0.25, 0.3) is 10.9 Å². The molecule has 0 radical (unpaired) electrons. The molecule has 0 fully saturated rings. The van der Waals surface area contributed by atoms with Crippen LogP contribution in [0.1, 0.15) is 0 Å². The van der Waals surface area contributed by atoms with E-state index in [0.29, 0.717) is 13.1 Å². The van der Waals surface area contributed by atoms with Gasteiger partial charge in [-0.15, -0.1) is 0 Å². The first-order valence-corrected chi connectivity index (χ1v) is 3.83. The summed E-state index contributed by atoms with van der Waals surface area (Å²) >= 11 is 0. The van der Waals surface area contributed by atoms with Crippen LogP contribution in [0.2, 0.25) is 0 Å². The van der Waals surface area contributed by atoms with Crippen LogP contribution in [0.3, 0.4) is 0 Å². The molecular formula is C8H7BN2O2. The fraction of sp³-hybridized carbons (Fsp3) is 0.125.